The number of hydrogen-bond acceptors (Lipinski definition) is 2. The van der Waals surface area contributed by atoms with E-state index in [-0.39, 0.29) is 5.56 Å². The minimum absolute atomic E-state index is 0.0879. The average molecular weight is 430 g/mol. The number of hydrogen-bond donors (Lipinski definition) is 2. The number of halogens is 1. The molecule has 0 radical (unpaired) electrons. The van der Waals surface area contributed by atoms with Crippen molar-refractivity contribution in [3.05, 3.63) is 85.7 Å². The number of nitrogens with one attached hydrogen (secondary N) is 2. The number of carbonyl (C=O) groups excluding carboxylic acids is 1. The van der Waals surface area contributed by atoms with Gasteiger partial charge in [-0.1, -0.05) is 23.8 Å². The Morgan fingerprint density at radius 1 is 1.04 bits per heavy atom. The van der Waals surface area contributed by atoms with Crippen LogP contribution in [0.5, 0.6) is 0 Å². The van der Waals surface area contributed by atoms with Gasteiger partial charge in [0.25, 0.3) is 11.5 Å². The van der Waals surface area contributed by atoms with Gasteiger partial charge in [-0.3, -0.25) is 9.59 Å². The molecule has 1 aromatic heterocycles. The van der Waals surface area contributed by atoms with Gasteiger partial charge in [-0.2, -0.15) is 0 Å². The fourth-order valence-electron chi connectivity index (χ4n) is 2.37. The molecule has 2 N–H and O–H groups in total. The predicted molar refractivity (Wildman–Crippen MR) is 104 cm³/mol. The Balaban J connectivity index is 1.85. The molecule has 5 heteroatoms. The summed E-state index contributed by atoms with van der Waals surface area (Å²) in [6.07, 6.45) is 0. The first kappa shape index (κ1) is 16.4. The molecule has 0 saturated carbocycles. The molecule has 0 bridgehead atoms. The molecular formula is C19H15IN2O2. The van der Waals surface area contributed by atoms with E-state index in [0.717, 1.165) is 14.7 Å². The monoisotopic (exact) mass is 430 g/mol. The molecular weight excluding hydrogens is 415 g/mol. The third-order valence-electron chi connectivity index (χ3n) is 3.59. The van der Waals surface area contributed by atoms with Crippen molar-refractivity contribution in [3.63, 3.8) is 0 Å². The molecule has 0 atom stereocenters. The highest BCUT2D eigenvalue weighted by molar-refractivity contribution is 14.1. The molecule has 1 heterocycles. The van der Waals surface area contributed by atoms with Crippen LogP contribution >= 0.6 is 22.6 Å². The number of aromatic amines is 1. The van der Waals surface area contributed by atoms with Gasteiger partial charge in [0.1, 0.15) is 5.56 Å². The van der Waals surface area contributed by atoms with Gasteiger partial charge in [0, 0.05) is 15.0 Å². The van der Waals surface area contributed by atoms with Gasteiger partial charge >= 0.3 is 0 Å². The first-order valence-corrected chi connectivity index (χ1v) is 8.48. The summed E-state index contributed by atoms with van der Waals surface area (Å²) in [6.45, 7) is 1.99. The molecule has 0 saturated heterocycles. The smallest absolute Gasteiger partial charge is 0.261 e. The molecule has 0 fully saturated rings. The summed E-state index contributed by atoms with van der Waals surface area (Å²) < 4.78 is 1.07. The number of benzene rings is 2. The molecule has 3 rings (SSSR count). The van der Waals surface area contributed by atoms with Gasteiger partial charge in [0.05, 0.1) is 0 Å². The number of carbonyl (C=O) groups is 1. The lowest BCUT2D eigenvalue weighted by Crippen LogP contribution is -2.23. The van der Waals surface area contributed by atoms with Crippen molar-refractivity contribution in [2.45, 2.75) is 6.92 Å². The van der Waals surface area contributed by atoms with Gasteiger partial charge in [-0.25, -0.2) is 0 Å². The highest BCUT2D eigenvalue weighted by Gasteiger charge is 2.12. The number of rotatable bonds is 3. The number of aromatic nitrogens is 1. The maximum atomic E-state index is 12.3. The number of H-pyrrole nitrogens is 1. The Morgan fingerprint density at radius 2 is 1.79 bits per heavy atom. The molecule has 0 spiro atoms. The van der Waals surface area contributed by atoms with Crippen LogP contribution < -0.4 is 10.9 Å². The summed E-state index contributed by atoms with van der Waals surface area (Å²) in [7, 11) is 0. The Labute approximate surface area is 153 Å². The average Bonchev–Trinajstić information content (AvgIpc) is 2.56. The van der Waals surface area contributed by atoms with Crippen LogP contribution in [0.15, 0.2) is 65.5 Å². The minimum Gasteiger partial charge on any atom is -0.322 e. The molecule has 0 aliphatic carbocycles. The lowest BCUT2D eigenvalue weighted by atomic mass is 10.1. The normalized spacial score (nSPS) is 10.4. The van der Waals surface area contributed by atoms with Crippen LogP contribution in [0.1, 0.15) is 15.9 Å². The van der Waals surface area contributed by atoms with Crippen LogP contribution in [0.3, 0.4) is 0 Å². The van der Waals surface area contributed by atoms with Crippen LogP contribution in [0.2, 0.25) is 0 Å². The number of anilines is 1. The zero-order valence-corrected chi connectivity index (χ0v) is 15.1. The molecule has 24 heavy (non-hydrogen) atoms. The maximum absolute atomic E-state index is 12.3. The standard InChI is InChI=1S/C19H15IN2O2/c1-12-3-2-4-13(11-12)17-10-9-16(19(24)22-17)18(23)21-15-7-5-14(20)6-8-15/h2-11H,1H3,(H,21,23)(H,22,24). The van der Waals surface area contributed by atoms with E-state index in [9.17, 15) is 9.59 Å². The third-order valence-corrected chi connectivity index (χ3v) is 4.30. The Hall–Kier alpha value is -2.41. The second-order valence-electron chi connectivity index (χ2n) is 5.45. The second-order valence-corrected chi connectivity index (χ2v) is 6.69. The summed E-state index contributed by atoms with van der Waals surface area (Å²) in [5.41, 5.74) is 3.05. The predicted octanol–water partition coefficient (Wildman–Crippen LogP) is 4.21. The van der Waals surface area contributed by atoms with E-state index in [4.69, 9.17) is 0 Å². The van der Waals surface area contributed by atoms with Crippen molar-refractivity contribution in [1.82, 2.24) is 4.98 Å². The Bertz CT molecular complexity index is 946. The topological polar surface area (TPSA) is 62.0 Å². The first-order chi connectivity index (χ1) is 11.5. The molecule has 3 aromatic rings. The van der Waals surface area contributed by atoms with Crippen LogP contribution in [0.4, 0.5) is 5.69 Å². The SMILES string of the molecule is Cc1cccc(-c2ccc(C(=O)Nc3ccc(I)cc3)c(=O)[nH]2)c1. The van der Waals surface area contributed by atoms with Crippen LogP contribution in [0, 0.1) is 10.5 Å². The van der Waals surface area contributed by atoms with Crippen molar-refractivity contribution in [3.8, 4) is 11.3 Å². The summed E-state index contributed by atoms with van der Waals surface area (Å²) in [5.74, 6) is -0.423. The van der Waals surface area contributed by atoms with E-state index in [0.29, 0.717) is 11.4 Å². The zero-order valence-electron chi connectivity index (χ0n) is 13.0. The highest BCUT2D eigenvalue weighted by Crippen LogP contribution is 2.17. The summed E-state index contributed by atoms with van der Waals surface area (Å²) in [5, 5.41) is 2.73. The van der Waals surface area contributed by atoms with Gasteiger partial charge in [-0.05, 0) is 77.5 Å². The molecule has 0 aliphatic heterocycles. The molecule has 0 unspecified atom stereocenters. The van der Waals surface area contributed by atoms with Gasteiger partial charge in [0.15, 0.2) is 0 Å². The lowest BCUT2D eigenvalue weighted by molar-refractivity contribution is 0.102. The Morgan fingerprint density at radius 3 is 2.46 bits per heavy atom. The van der Waals surface area contributed by atoms with Crippen molar-refractivity contribution >= 4 is 34.2 Å². The second kappa shape index (κ2) is 7.00. The maximum Gasteiger partial charge on any atom is 0.261 e. The van der Waals surface area contributed by atoms with E-state index in [1.165, 1.54) is 0 Å². The van der Waals surface area contributed by atoms with Crippen molar-refractivity contribution in [1.29, 1.82) is 0 Å². The largest absolute Gasteiger partial charge is 0.322 e. The van der Waals surface area contributed by atoms with E-state index >= 15 is 0 Å². The Kier molecular flexibility index (Phi) is 4.80. The fourth-order valence-corrected chi connectivity index (χ4v) is 2.72. The van der Waals surface area contributed by atoms with E-state index in [1.807, 2.05) is 43.3 Å². The summed E-state index contributed by atoms with van der Waals surface area (Å²) in [6, 6.07) is 18.5. The van der Waals surface area contributed by atoms with Crippen molar-refractivity contribution in [2.24, 2.45) is 0 Å². The van der Waals surface area contributed by atoms with Gasteiger partial charge in [0.2, 0.25) is 0 Å². The van der Waals surface area contributed by atoms with Crippen LogP contribution in [0.25, 0.3) is 11.3 Å². The first-order valence-electron chi connectivity index (χ1n) is 7.40. The molecule has 1 amide bonds. The fraction of sp³-hybridized carbons (Fsp3) is 0.0526. The van der Waals surface area contributed by atoms with E-state index in [2.05, 4.69) is 32.9 Å². The number of aryl methyl sites for hydroxylation is 1. The van der Waals surface area contributed by atoms with Gasteiger partial charge < -0.3 is 10.3 Å². The lowest BCUT2D eigenvalue weighted by Gasteiger charge is -2.07. The minimum atomic E-state index is -0.423. The number of pyridine rings is 1. The quantitative estimate of drug-likeness (QED) is 0.612. The third kappa shape index (κ3) is 3.73. The molecule has 4 nitrogen and oxygen atoms in total. The zero-order chi connectivity index (χ0) is 17.1. The van der Waals surface area contributed by atoms with Crippen molar-refractivity contribution < 1.29 is 4.79 Å². The van der Waals surface area contributed by atoms with Gasteiger partial charge in [-0.15, -0.1) is 0 Å². The molecule has 0 aliphatic rings. The summed E-state index contributed by atoms with van der Waals surface area (Å²) in [4.78, 5) is 27.3. The number of amides is 1. The highest BCUT2D eigenvalue weighted by atomic mass is 127. The van der Waals surface area contributed by atoms with Crippen LogP contribution in [-0.2, 0) is 0 Å². The van der Waals surface area contributed by atoms with Crippen LogP contribution in [-0.4, -0.2) is 10.9 Å². The molecule has 2 aromatic carbocycles. The van der Waals surface area contributed by atoms with Crippen molar-refractivity contribution in [2.75, 3.05) is 5.32 Å². The summed E-state index contributed by atoms with van der Waals surface area (Å²) >= 11 is 2.19. The van der Waals surface area contributed by atoms with E-state index in [1.54, 1.807) is 24.3 Å². The molecule has 120 valence electrons. The van der Waals surface area contributed by atoms with E-state index < -0.39 is 11.5 Å².